The van der Waals surface area contributed by atoms with Gasteiger partial charge in [-0.15, -0.1) is 0 Å². The summed E-state index contributed by atoms with van der Waals surface area (Å²) in [6, 6.07) is 14.3. The lowest BCUT2D eigenvalue weighted by Gasteiger charge is -2.08. The van der Waals surface area contributed by atoms with Gasteiger partial charge in [0, 0.05) is 29.1 Å². The predicted molar refractivity (Wildman–Crippen MR) is 84.8 cm³/mol. The Labute approximate surface area is 128 Å². The number of benzene rings is 2. The predicted octanol–water partition coefficient (Wildman–Crippen LogP) is 4.25. The van der Waals surface area contributed by atoms with Crippen LogP contribution in [0.3, 0.4) is 0 Å². The van der Waals surface area contributed by atoms with Gasteiger partial charge in [0.05, 0.1) is 0 Å². The van der Waals surface area contributed by atoms with Gasteiger partial charge in [0.2, 0.25) is 5.91 Å². The van der Waals surface area contributed by atoms with Crippen LogP contribution in [-0.2, 0) is 4.79 Å². The van der Waals surface area contributed by atoms with Gasteiger partial charge < -0.3 is 5.32 Å². The van der Waals surface area contributed by atoms with Crippen LogP contribution in [0, 0.1) is 6.92 Å². The normalized spacial score (nSPS) is 10.2. The first kappa shape index (κ1) is 15.3. The minimum Gasteiger partial charge on any atom is -0.326 e. The first-order valence-electron chi connectivity index (χ1n) is 6.70. The highest BCUT2D eigenvalue weighted by Crippen LogP contribution is 2.20. The first-order valence-corrected chi connectivity index (χ1v) is 7.08. The minimum absolute atomic E-state index is 0.0337. The van der Waals surface area contributed by atoms with Crippen LogP contribution in [0.5, 0.6) is 0 Å². The quantitative estimate of drug-likeness (QED) is 0.839. The molecule has 0 aliphatic heterocycles. The van der Waals surface area contributed by atoms with E-state index in [0.29, 0.717) is 16.3 Å². The van der Waals surface area contributed by atoms with E-state index in [0.717, 1.165) is 5.56 Å². The number of rotatable bonds is 5. The zero-order valence-corrected chi connectivity index (χ0v) is 12.5. The Hall–Kier alpha value is -2.13. The fraction of sp³-hybridized carbons (Fsp3) is 0.176. The van der Waals surface area contributed by atoms with Gasteiger partial charge in [-0.05, 0) is 24.6 Å². The molecule has 1 N–H and O–H groups in total. The fourth-order valence-corrected chi connectivity index (χ4v) is 2.11. The molecule has 0 atom stereocenters. The molecule has 0 aliphatic rings. The van der Waals surface area contributed by atoms with Crippen molar-refractivity contribution in [3.8, 4) is 0 Å². The number of hydrogen-bond acceptors (Lipinski definition) is 2. The van der Waals surface area contributed by atoms with Gasteiger partial charge in [0.1, 0.15) is 0 Å². The van der Waals surface area contributed by atoms with Gasteiger partial charge in [-0.2, -0.15) is 0 Å². The molecule has 0 radical (unpaired) electrons. The highest BCUT2D eigenvalue weighted by Gasteiger charge is 2.10. The molecular formula is C17H16ClNO2. The Balaban J connectivity index is 1.91. The maximum atomic E-state index is 11.9. The Morgan fingerprint density at radius 2 is 1.76 bits per heavy atom. The van der Waals surface area contributed by atoms with Crippen molar-refractivity contribution in [1.82, 2.24) is 0 Å². The van der Waals surface area contributed by atoms with E-state index in [9.17, 15) is 9.59 Å². The number of nitrogens with one attached hydrogen (secondary N) is 1. The van der Waals surface area contributed by atoms with Crippen LogP contribution in [0.15, 0.2) is 48.5 Å². The summed E-state index contributed by atoms with van der Waals surface area (Å²) < 4.78 is 0. The van der Waals surface area contributed by atoms with E-state index in [1.165, 1.54) is 0 Å². The van der Waals surface area contributed by atoms with Gasteiger partial charge in [-0.3, -0.25) is 9.59 Å². The van der Waals surface area contributed by atoms with Crippen molar-refractivity contribution >= 4 is 29.0 Å². The van der Waals surface area contributed by atoms with Crippen molar-refractivity contribution in [2.75, 3.05) is 5.32 Å². The Morgan fingerprint density at radius 3 is 2.48 bits per heavy atom. The topological polar surface area (TPSA) is 46.2 Å². The summed E-state index contributed by atoms with van der Waals surface area (Å²) in [5.74, 6) is -0.224. The minimum atomic E-state index is -0.190. The van der Waals surface area contributed by atoms with Gasteiger partial charge in [0.15, 0.2) is 5.78 Å². The van der Waals surface area contributed by atoms with Crippen LogP contribution in [0.1, 0.15) is 28.8 Å². The van der Waals surface area contributed by atoms with E-state index in [2.05, 4.69) is 5.32 Å². The third-order valence-corrected chi connectivity index (χ3v) is 3.38. The lowest BCUT2D eigenvalue weighted by Crippen LogP contribution is -2.14. The first-order chi connectivity index (χ1) is 10.1. The van der Waals surface area contributed by atoms with Crippen LogP contribution in [-0.4, -0.2) is 11.7 Å². The Bertz CT molecular complexity index is 653. The molecule has 0 bridgehead atoms. The van der Waals surface area contributed by atoms with Crippen molar-refractivity contribution in [1.29, 1.82) is 0 Å². The summed E-state index contributed by atoms with van der Waals surface area (Å²) in [6.07, 6.45) is 0.342. The number of aryl methyl sites for hydroxylation is 1. The number of amides is 1. The smallest absolute Gasteiger partial charge is 0.224 e. The van der Waals surface area contributed by atoms with Crippen molar-refractivity contribution in [3.63, 3.8) is 0 Å². The average Bonchev–Trinajstić information content (AvgIpc) is 2.49. The Morgan fingerprint density at radius 1 is 1.05 bits per heavy atom. The van der Waals surface area contributed by atoms with Gasteiger partial charge in [-0.1, -0.05) is 48.0 Å². The number of carbonyl (C=O) groups excluding carboxylic acids is 2. The molecule has 21 heavy (non-hydrogen) atoms. The van der Waals surface area contributed by atoms with E-state index in [-0.39, 0.29) is 24.5 Å². The van der Waals surface area contributed by atoms with E-state index in [4.69, 9.17) is 11.6 Å². The number of halogens is 1. The second-order valence-corrected chi connectivity index (χ2v) is 5.23. The average molecular weight is 302 g/mol. The summed E-state index contributed by atoms with van der Waals surface area (Å²) in [4.78, 5) is 23.8. The second kappa shape index (κ2) is 7.04. The SMILES string of the molecule is Cc1ccc(Cl)cc1NC(=O)CCC(=O)c1ccccc1. The molecule has 108 valence electrons. The maximum absolute atomic E-state index is 11.9. The molecule has 0 aliphatic carbocycles. The third-order valence-electron chi connectivity index (χ3n) is 3.15. The van der Waals surface area contributed by atoms with E-state index < -0.39 is 0 Å². The number of hydrogen-bond donors (Lipinski definition) is 1. The molecule has 0 spiro atoms. The van der Waals surface area contributed by atoms with Crippen molar-refractivity contribution in [2.45, 2.75) is 19.8 Å². The lowest BCUT2D eigenvalue weighted by atomic mass is 10.1. The maximum Gasteiger partial charge on any atom is 0.224 e. The van der Waals surface area contributed by atoms with Crippen molar-refractivity contribution in [2.24, 2.45) is 0 Å². The molecule has 3 nitrogen and oxygen atoms in total. The summed E-state index contributed by atoms with van der Waals surface area (Å²) in [5.41, 5.74) is 2.24. The van der Waals surface area contributed by atoms with E-state index in [1.807, 2.05) is 31.2 Å². The standard InChI is InChI=1S/C17H16ClNO2/c1-12-7-8-14(18)11-15(12)19-17(21)10-9-16(20)13-5-3-2-4-6-13/h2-8,11H,9-10H2,1H3,(H,19,21). The van der Waals surface area contributed by atoms with Crippen LogP contribution in [0.25, 0.3) is 0 Å². The largest absolute Gasteiger partial charge is 0.326 e. The highest BCUT2D eigenvalue weighted by molar-refractivity contribution is 6.31. The number of carbonyl (C=O) groups is 2. The highest BCUT2D eigenvalue weighted by atomic mass is 35.5. The van der Waals surface area contributed by atoms with Gasteiger partial charge in [0.25, 0.3) is 0 Å². The van der Waals surface area contributed by atoms with Crippen molar-refractivity contribution < 1.29 is 9.59 Å². The third kappa shape index (κ3) is 4.43. The molecule has 0 heterocycles. The Kier molecular flexibility index (Phi) is 5.12. The van der Waals surface area contributed by atoms with E-state index in [1.54, 1.807) is 24.3 Å². The molecule has 0 aromatic heterocycles. The van der Waals surface area contributed by atoms with Crippen molar-refractivity contribution in [3.05, 3.63) is 64.7 Å². The number of ketones is 1. The number of anilines is 1. The molecule has 0 unspecified atom stereocenters. The molecule has 2 aromatic carbocycles. The summed E-state index contributed by atoms with van der Waals surface area (Å²) >= 11 is 5.90. The zero-order chi connectivity index (χ0) is 15.2. The summed E-state index contributed by atoms with van der Waals surface area (Å²) in [6.45, 7) is 1.89. The van der Waals surface area contributed by atoms with Crippen LogP contribution in [0.4, 0.5) is 5.69 Å². The lowest BCUT2D eigenvalue weighted by molar-refractivity contribution is -0.116. The van der Waals surface area contributed by atoms with E-state index >= 15 is 0 Å². The van der Waals surface area contributed by atoms with Gasteiger partial charge >= 0.3 is 0 Å². The molecular weight excluding hydrogens is 286 g/mol. The zero-order valence-electron chi connectivity index (χ0n) is 11.7. The molecule has 4 heteroatoms. The second-order valence-electron chi connectivity index (χ2n) is 4.80. The molecule has 2 aromatic rings. The monoisotopic (exact) mass is 301 g/mol. The molecule has 2 rings (SSSR count). The molecule has 0 saturated heterocycles. The summed E-state index contributed by atoms with van der Waals surface area (Å²) in [5, 5.41) is 3.35. The van der Waals surface area contributed by atoms with Gasteiger partial charge in [-0.25, -0.2) is 0 Å². The molecule has 0 saturated carbocycles. The molecule has 1 amide bonds. The van der Waals surface area contributed by atoms with Crippen LogP contribution >= 0.6 is 11.6 Å². The number of Topliss-reactive ketones (excluding diaryl/α,β-unsaturated/α-hetero) is 1. The fourth-order valence-electron chi connectivity index (χ4n) is 1.94. The summed E-state index contributed by atoms with van der Waals surface area (Å²) in [7, 11) is 0. The van der Waals surface area contributed by atoms with Crippen LogP contribution in [0.2, 0.25) is 5.02 Å². The molecule has 0 fully saturated rings. The van der Waals surface area contributed by atoms with Crippen LogP contribution < -0.4 is 5.32 Å².